The summed E-state index contributed by atoms with van der Waals surface area (Å²) in [5.74, 6) is -0.874. The molecule has 3 rings (SSSR count). The number of para-hydroxylation sites is 2. The first-order valence-corrected chi connectivity index (χ1v) is 12.5. The summed E-state index contributed by atoms with van der Waals surface area (Å²) < 4.78 is 28.8. The molecule has 4 N–H and O–H groups in total. The topological polar surface area (TPSA) is 127 Å². The number of phenolic OH excluding ortho intramolecular Hbond substituents is 1. The third-order valence-corrected chi connectivity index (χ3v) is 6.20. The fourth-order valence-electron chi connectivity index (χ4n) is 2.62. The number of phenols is 1. The van der Waals surface area contributed by atoms with Crippen LogP contribution in [0.15, 0.2) is 78.9 Å². The summed E-state index contributed by atoms with van der Waals surface area (Å²) in [6, 6.07) is 22.6. The van der Waals surface area contributed by atoms with E-state index in [-0.39, 0.29) is 21.7 Å². The Morgan fingerprint density at radius 1 is 0.871 bits per heavy atom. The van der Waals surface area contributed by atoms with Crippen molar-refractivity contribution in [3.63, 3.8) is 0 Å². The first-order valence-electron chi connectivity index (χ1n) is 9.15. The van der Waals surface area contributed by atoms with E-state index in [0.29, 0.717) is 5.56 Å². The molecule has 0 bridgehead atoms. The molecule has 0 saturated carbocycles. The van der Waals surface area contributed by atoms with Gasteiger partial charge in [0, 0.05) is 18.3 Å². The monoisotopic (exact) mass is 486 g/mol. The number of nitrogens with one attached hydrogen (secondary N) is 1. The summed E-state index contributed by atoms with van der Waals surface area (Å²) in [5.41, 5.74) is 1.38. The van der Waals surface area contributed by atoms with Gasteiger partial charge >= 0.3 is 88.1 Å². The smallest absolute Gasteiger partial charge is 0.258 e. The predicted molar refractivity (Wildman–Crippen MR) is 119 cm³/mol. The van der Waals surface area contributed by atoms with Crippen molar-refractivity contribution >= 4 is 41.7 Å². The Hall–Kier alpha value is -3.32. The Morgan fingerprint density at radius 3 is 1.94 bits per heavy atom. The van der Waals surface area contributed by atoms with E-state index in [2.05, 4.69) is 5.32 Å². The maximum Gasteiger partial charge on any atom is 0.258 e. The second-order valence-corrected chi connectivity index (χ2v) is 9.76. The molecule has 0 atom stereocenters. The number of rotatable bonds is 4. The van der Waals surface area contributed by atoms with E-state index in [4.69, 9.17) is 8.19 Å². The van der Waals surface area contributed by atoms with E-state index in [1.165, 1.54) is 25.1 Å². The molecule has 8 nitrogen and oxygen atoms in total. The molecular weight excluding hydrogens is 463 g/mol. The zero-order valence-corrected chi connectivity index (χ0v) is 18.8. The molecule has 0 saturated heterocycles. The maximum absolute atomic E-state index is 12.1. The molecule has 31 heavy (non-hydrogen) atoms. The fraction of sp³-hybridized carbons (Fsp3) is 0.0909. The summed E-state index contributed by atoms with van der Waals surface area (Å²) in [6.07, 6.45) is 0. The molecule has 0 aliphatic carbocycles. The first kappa shape index (κ1) is 24.0. The Bertz CT molecular complexity index is 1080. The van der Waals surface area contributed by atoms with Crippen molar-refractivity contribution in [3.8, 4) is 5.75 Å². The van der Waals surface area contributed by atoms with Crippen LogP contribution in [0, 0.1) is 0 Å². The van der Waals surface area contributed by atoms with Gasteiger partial charge in [0.2, 0.25) is 0 Å². The standard InChI is InChI=1S/C14H13NO.C8H10AsNO5/c1-15(13-10-6-3-7-11-13)14(16)12-8-4-2-5-9-12;1-5(11)10-8-6(9(13,14)15)3-2-4-7(8)12/h2-11H,1H3;2-4,12H,1H3,(H,10,11)(H2,13,14,15). The molecule has 0 aromatic heterocycles. The van der Waals surface area contributed by atoms with Crippen molar-refractivity contribution in [3.05, 3.63) is 84.4 Å². The number of nitrogens with zero attached hydrogens (tertiary/aromatic N) is 1. The van der Waals surface area contributed by atoms with Gasteiger partial charge in [-0.05, 0) is 24.3 Å². The van der Waals surface area contributed by atoms with Crippen LogP contribution in [0.3, 0.4) is 0 Å². The van der Waals surface area contributed by atoms with Crippen molar-refractivity contribution in [1.29, 1.82) is 0 Å². The van der Waals surface area contributed by atoms with Gasteiger partial charge in [0.25, 0.3) is 5.91 Å². The van der Waals surface area contributed by atoms with Gasteiger partial charge < -0.3 is 4.90 Å². The number of benzene rings is 3. The number of carbonyl (C=O) groups is 2. The average molecular weight is 486 g/mol. The number of aromatic hydroxyl groups is 1. The summed E-state index contributed by atoms with van der Waals surface area (Å²) in [4.78, 5) is 24.5. The first-order chi connectivity index (χ1) is 14.6. The molecule has 2 amide bonds. The van der Waals surface area contributed by atoms with E-state index in [9.17, 15) is 18.4 Å². The van der Waals surface area contributed by atoms with Gasteiger partial charge in [-0.2, -0.15) is 0 Å². The third-order valence-electron chi connectivity index (χ3n) is 4.10. The van der Waals surface area contributed by atoms with Gasteiger partial charge in [-0.1, -0.05) is 36.4 Å². The molecule has 0 fully saturated rings. The molecule has 0 spiro atoms. The van der Waals surface area contributed by atoms with Gasteiger partial charge in [0.1, 0.15) is 0 Å². The second kappa shape index (κ2) is 10.6. The zero-order chi connectivity index (χ0) is 23.0. The molecule has 3 aromatic rings. The zero-order valence-electron chi connectivity index (χ0n) is 17.0. The average Bonchev–Trinajstić information content (AvgIpc) is 2.75. The summed E-state index contributed by atoms with van der Waals surface area (Å²) in [7, 11) is 1.78. The van der Waals surface area contributed by atoms with Crippen molar-refractivity contribution in [1.82, 2.24) is 0 Å². The molecule has 0 aliphatic rings. The minimum atomic E-state index is -5.14. The van der Waals surface area contributed by atoms with Gasteiger partial charge in [-0.25, -0.2) is 0 Å². The van der Waals surface area contributed by atoms with Crippen LogP contribution in [0.25, 0.3) is 0 Å². The summed E-state index contributed by atoms with van der Waals surface area (Å²) in [5, 5.41) is 11.5. The molecular formula is C22H23AsN2O6. The number of hydrogen-bond donors (Lipinski definition) is 4. The van der Waals surface area contributed by atoms with Crippen LogP contribution in [-0.2, 0) is 8.53 Å². The quantitative estimate of drug-likeness (QED) is 0.330. The van der Waals surface area contributed by atoms with Crippen LogP contribution in [0.4, 0.5) is 11.4 Å². The normalized spacial score (nSPS) is 10.5. The van der Waals surface area contributed by atoms with Gasteiger partial charge in [-0.3, -0.25) is 4.79 Å². The van der Waals surface area contributed by atoms with Crippen molar-refractivity contribution in [2.75, 3.05) is 17.3 Å². The molecule has 162 valence electrons. The summed E-state index contributed by atoms with van der Waals surface area (Å²) in [6.45, 7) is 1.18. The number of hydrogen-bond acceptors (Lipinski definition) is 4. The Morgan fingerprint density at radius 2 is 1.42 bits per heavy atom. The molecule has 0 heterocycles. The largest absolute Gasteiger partial charge is 0.311 e. The van der Waals surface area contributed by atoms with Crippen LogP contribution >= 0.6 is 0 Å². The van der Waals surface area contributed by atoms with Crippen LogP contribution in [0.2, 0.25) is 0 Å². The van der Waals surface area contributed by atoms with Crippen molar-refractivity contribution < 1.29 is 26.6 Å². The number of carbonyl (C=O) groups excluding carboxylic acids is 2. The van der Waals surface area contributed by atoms with E-state index in [1.807, 2.05) is 60.7 Å². The van der Waals surface area contributed by atoms with Gasteiger partial charge in [0.15, 0.2) is 0 Å². The third kappa shape index (κ3) is 6.86. The molecule has 3 aromatic carbocycles. The van der Waals surface area contributed by atoms with Gasteiger partial charge in [-0.15, -0.1) is 0 Å². The van der Waals surface area contributed by atoms with Crippen molar-refractivity contribution in [2.45, 2.75) is 6.92 Å². The molecule has 0 radical (unpaired) electrons. The Balaban J connectivity index is 0.000000221. The minimum Gasteiger partial charge on any atom is -0.311 e. The van der Waals surface area contributed by atoms with Crippen molar-refractivity contribution in [2.24, 2.45) is 0 Å². The maximum atomic E-state index is 12.1. The second-order valence-electron chi connectivity index (χ2n) is 6.46. The summed E-state index contributed by atoms with van der Waals surface area (Å²) >= 11 is -5.14. The van der Waals surface area contributed by atoms with E-state index in [0.717, 1.165) is 5.69 Å². The number of amides is 2. The SMILES string of the molecule is CC(=O)Nc1c(O)cccc1[As](=O)(O)O.CN(C(=O)c1ccccc1)c1ccccc1. The Labute approximate surface area is 182 Å². The molecule has 9 heteroatoms. The van der Waals surface area contributed by atoms with E-state index < -0.39 is 20.1 Å². The van der Waals surface area contributed by atoms with Crippen LogP contribution < -0.4 is 14.6 Å². The fourth-order valence-corrected chi connectivity index (χ4v) is 4.18. The predicted octanol–water partition coefficient (Wildman–Crippen LogP) is 1.87. The van der Waals surface area contributed by atoms with Gasteiger partial charge in [0.05, 0.1) is 0 Å². The van der Waals surface area contributed by atoms with Crippen LogP contribution in [-0.4, -0.2) is 46.3 Å². The molecule has 0 unspecified atom stereocenters. The number of anilines is 2. The van der Waals surface area contributed by atoms with E-state index in [1.54, 1.807) is 11.9 Å². The molecule has 0 aliphatic heterocycles. The van der Waals surface area contributed by atoms with Crippen LogP contribution in [0.1, 0.15) is 17.3 Å². The Kier molecular flexibility index (Phi) is 8.21. The van der Waals surface area contributed by atoms with Crippen LogP contribution in [0.5, 0.6) is 5.75 Å². The minimum absolute atomic E-state index is 0.00630. The van der Waals surface area contributed by atoms with E-state index >= 15 is 0 Å².